The van der Waals surface area contributed by atoms with Crippen LogP contribution in [0.2, 0.25) is 10.0 Å². The predicted octanol–water partition coefficient (Wildman–Crippen LogP) is 5.67. The van der Waals surface area contributed by atoms with Crippen LogP contribution in [0.3, 0.4) is 0 Å². The highest BCUT2D eigenvalue weighted by molar-refractivity contribution is 6.51. The molecule has 3 aromatic rings. The first-order valence-corrected chi connectivity index (χ1v) is 10.2. The molecule has 0 aromatic heterocycles. The molecule has 1 fully saturated rings. The van der Waals surface area contributed by atoms with Gasteiger partial charge in [0.25, 0.3) is 17.4 Å². The van der Waals surface area contributed by atoms with Crippen molar-refractivity contribution in [3.63, 3.8) is 0 Å². The Hall–Kier alpha value is -3.75. The number of nitro benzene ring substituents is 1. The van der Waals surface area contributed by atoms with Gasteiger partial charge < -0.3 is 5.11 Å². The number of non-ortho nitro benzene ring substituents is 1. The average Bonchev–Trinajstić information content (AvgIpc) is 3.06. The van der Waals surface area contributed by atoms with Gasteiger partial charge in [0.05, 0.1) is 26.6 Å². The van der Waals surface area contributed by atoms with Gasteiger partial charge in [-0.15, -0.1) is 0 Å². The van der Waals surface area contributed by atoms with E-state index in [9.17, 15) is 29.2 Å². The highest BCUT2D eigenvalue weighted by atomic mass is 35.5. The number of carbonyl (C=O) groups excluding carboxylic acids is 2. The molecule has 1 heterocycles. The number of hydrogen-bond donors (Lipinski definition) is 1. The van der Waals surface area contributed by atoms with Crippen LogP contribution in [0.25, 0.3) is 5.76 Å². The molecule has 1 aliphatic rings. The van der Waals surface area contributed by atoms with Crippen molar-refractivity contribution in [3.8, 4) is 0 Å². The second-order valence-electron chi connectivity index (χ2n) is 7.12. The fraction of sp³-hybridized carbons (Fsp3) is 0.0435. The maximum atomic E-state index is 13.5. The number of benzene rings is 3. The van der Waals surface area contributed by atoms with Crippen molar-refractivity contribution in [1.82, 2.24) is 0 Å². The first kappa shape index (κ1) is 22.4. The van der Waals surface area contributed by atoms with E-state index >= 15 is 0 Å². The van der Waals surface area contributed by atoms with E-state index in [0.717, 1.165) is 17.0 Å². The molecular formula is C23H13Cl2FN2O5. The van der Waals surface area contributed by atoms with Crippen LogP contribution in [0.4, 0.5) is 15.8 Å². The summed E-state index contributed by atoms with van der Waals surface area (Å²) in [5.41, 5.74) is 0.229. The van der Waals surface area contributed by atoms with Crippen LogP contribution in [0, 0.1) is 15.9 Å². The molecule has 0 spiro atoms. The minimum Gasteiger partial charge on any atom is -0.507 e. The van der Waals surface area contributed by atoms with E-state index in [4.69, 9.17) is 23.2 Å². The van der Waals surface area contributed by atoms with Crippen LogP contribution in [0.5, 0.6) is 0 Å². The minimum absolute atomic E-state index is 0.0998. The number of aliphatic hydroxyl groups excluding tert-OH is 1. The third-order valence-corrected chi connectivity index (χ3v) is 5.90. The molecule has 1 N–H and O–H groups in total. The molecule has 1 saturated heterocycles. The van der Waals surface area contributed by atoms with Crippen LogP contribution in [-0.4, -0.2) is 21.7 Å². The normalized spacial score (nSPS) is 17.4. The summed E-state index contributed by atoms with van der Waals surface area (Å²) < 4.78 is 13.5. The van der Waals surface area contributed by atoms with Gasteiger partial charge in [0.1, 0.15) is 11.6 Å². The van der Waals surface area contributed by atoms with E-state index in [-0.39, 0.29) is 32.6 Å². The Morgan fingerprint density at radius 1 is 0.970 bits per heavy atom. The third kappa shape index (κ3) is 4.06. The van der Waals surface area contributed by atoms with E-state index in [2.05, 4.69) is 0 Å². The largest absolute Gasteiger partial charge is 0.507 e. The molecule has 3 aromatic carbocycles. The number of halogens is 3. The van der Waals surface area contributed by atoms with Gasteiger partial charge in [-0.3, -0.25) is 24.6 Å². The summed E-state index contributed by atoms with van der Waals surface area (Å²) in [7, 11) is 0. The first-order chi connectivity index (χ1) is 15.7. The highest BCUT2D eigenvalue weighted by Gasteiger charge is 2.47. The number of ketones is 1. The summed E-state index contributed by atoms with van der Waals surface area (Å²) in [6.07, 6.45) is 0. The third-order valence-electron chi connectivity index (χ3n) is 5.16. The van der Waals surface area contributed by atoms with Crippen molar-refractivity contribution in [1.29, 1.82) is 0 Å². The summed E-state index contributed by atoms with van der Waals surface area (Å²) in [5.74, 6) is -2.98. The standard InChI is InChI=1S/C23H13Cl2FN2O5/c24-17-10-3-13(11-18(17)25)20-19(21(29)12-1-6-16(7-2-12)28(32)33)22(30)23(31)27(20)15-8-4-14(26)5-9-15/h1-11,20,29H/b21-19-. The number of hydrogen-bond acceptors (Lipinski definition) is 5. The van der Waals surface area contributed by atoms with Crippen LogP contribution in [0.1, 0.15) is 17.2 Å². The van der Waals surface area contributed by atoms with Gasteiger partial charge in [-0.05, 0) is 54.1 Å². The van der Waals surface area contributed by atoms with Gasteiger partial charge in [0.15, 0.2) is 0 Å². The molecule has 7 nitrogen and oxygen atoms in total. The molecule has 33 heavy (non-hydrogen) atoms. The van der Waals surface area contributed by atoms with Crippen LogP contribution in [0.15, 0.2) is 72.3 Å². The molecule has 0 aliphatic carbocycles. The van der Waals surface area contributed by atoms with Gasteiger partial charge in [-0.2, -0.15) is 0 Å². The Morgan fingerprint density at radius 3 is 2.18 bits per heavy atom. The first-order valence-electron chi connectivity index (χ1n) is 9.45. The molecule has 166 valence electrons. The lowest BCUT2D eigenvalue weighted by Crippen LogP contribution is -2.29. The average molecular weight is 487 g/mol. The maximum Gasteiger partial charge on any atom is 0.300 e. The van der Waals surface area contributed by atoms with Gasteiger partial charge in [-0.1, -0.05) is 29.3 Å². The van der Waals surface area contributed by atoms with Crippen molar-refractivity contribution in [3.05, 3.63) is 109 Å². The van der Waals surface area contributed by atoms with Crippen molar-refractivity contribution in [2.24, 2.45) is 0 Å². The Bertz CT molecular complexity index is 1320. The molecule has 10 heteroatoms. The topological polar surface area (TPSA) is 101 Å². The number of nitrogens with zero attached hydrogens (tertiary/aromatic N) is 2. The van der Waals surface area contributed by atoms with Crippen LogP contribution >= 0.6 is 23.2 Å². The molecule has 1 unspecified atom stereocenters. The van der Waals surface area contributed by atoms with E-state index < -0.39 is 34.2 Å². The maximum absolute atomic E-state index is 13.5. The number of Topliss-reactive ketones (excluding diaryl/α,β-unsaturated/α-hetero) is 1. The smallest absolute Gasteiger partial charge is 0.300 e. The quantitative estimate of drug-likeness (QED) is 0.168. The SMILES string of the molecule is O=C1C(=O)N(c2ccc(F)cc2)C(c2ccc(Cl)c(Cl)c2)/C1=C(/O)c1ccc([N+](=O)[O-])cc1. The zero-order valence-corrected chi connectivity index (χ0v) is 18.0. The lowest BCUT2D eigenvalue weighted by molar-refractivity contribution is -0.384. The molecule has 0 saturated carbocycles. The molecular weight excluding hydrogens is 474 g/mol. The Balaban J connectivity index is 1.93. The molecule has 0 bridgehead atoms. The zero-order chi connectivity index (χ0) is 23.9. The number of carbonyl (C=O) groups is 2. The summed E-state index contributed by atoms with van der Waals surface area (Å²) in [5, 5.41) is 22.3. The summed E-state index contributed by atoms with van der Waals surface area (Å²) >= 11 is 12.2. The molecule has 1 amide bonds. The number of rotatable bonds is 4. The van der Waals surface area contributed by atoms with E-state index in [1.165, 1.54) is 48.5 Å². The van der Waals surface area contributed by atoms with E-state index in [0.29, 0.717) is 5.56 Å². The molecule has 1 aliphatic heterocycles. The number of nitro groups is 1. The fourth-order valence-corrected chi connectivity index (χ4v) is 3.90. The molecule has 0 radical (unpaired) electrons. The molecule has 1 atom stereocenters. The monoisotopic (exact) mass is 486 g/mol. The van der Waals surface area contributed by atoms with E-state index in [1.807, 2.05) is 0 Å². The van der Waals surface area contributed by atoms with Gasteiger partial charge in [0, 0.05) is 23.4 Å². The van der Waals surface area contributed by atoms with Gasteiger partial charge >= 0.3 is 0 Å². The number of aliphatic hydroxyl groups is 1. The second-order valence-corrected chi connectivity index (χ2v) is 7.94. The molecule has 4 rings (SSSR count). The van der Waals surface area contributed by atoms with Crippen molar-refractivity contribution >= 4 is 52.0 Å². The number of anilines is 1. The lowest BCUT2D eigenvalue weighted by Gasteiger charge is -2.25. The van der Waals surface area contributed by atoms with Crippen molar-refractivity contribution < 1.29 is 24.0 Å². The predicted molar refractivity (Wildman–Crippen MR) is 121 cm³/mol. The van der Waals surface area contributed by atoms with Gasteiger partial charge in [-0.25, -0.2) is 4.39 Å². The summed E-state index contributed by atoms with van der Waals surface area (Å²) in [4.78, 5) is 37.5. The van der Waals surface area contributed by atoms with Gasteiger partial charge in [0.2, 0.25) is 0 Å². The van der Waals surface area contributed by atoms with Crippen molar-refractivity contribution in [2.45, 2.75) is 6.04 Å². The lowest BCUT2D eigenvalue weighted by atomic mass is 9.95. The Kier molecular flexibility index (Phi) is 5.88. The summed E-state index contributed by atoms with van der Waals surface area (Å²) in [6.45, 7) is 0. The van der Waals surface area contributed by atoms with Crippen LogP contribution in [-0.2, 0) is 9.59 Å². The minimum atomic E-state index is -1.11. The van der Waals surface area contributed by atoms with Crippen LogP contribution < -0.4 is 4.90 Å². The number of amides is 1. The summed E-state index contributed by atoms with van der Waals surface area (Å²) in [6, 6.07) is 13.2. The van der Waals surface area contributed by atoms with Crippen molar-refractivity contribution in [2.75, 3.05) is 4.90 Å². The van der Waals surface area contributed by atoms with E-state index in [1.54, 1.807) is 6.07 Å². The zero-order valence-electron chi connectivity index (χ0n) is 16.5. The Labute approximate surface area is 196 Å². The fourth-order valence-electron chi connectivity index (χ4n) is 3.59. The Morgan fingerprint density at radius 2 is 1.61 bits per heavy atom. The second kappa shape index (κ2) is 8.65. The highest BCUT2D eigenvalue weighted by Crippen LogP contribution is 2.43.